The van der Waals surface area contributed by atoms with Crippen molar-refractivity contribution in [1.82, 2.24) is 10.3 Å². The van der Waals surface area contributed by atoms with Crippen LogP contribution in [0.15, 0.2) is 66.9 Å². The van der Waals surface area contributed by atoms with Crippen LogP contribution < -0.4 is 11.1 Å². The van der Waals surface area contributed by atoms with Crippen LogP contribution in [0.1, 0.15) is 27.9 Å². The van der Waals surface area contributed by atoms with Crippen molar-refractivity contribution in [3.05, 3.63) is 83.6 Å². The van der Waals surface area contributed by atoms with Crippen molar-refractivity contribution in [1.29, 1.82) is 0 Å². The summed E-state index contributed by atoms with van der Waals surface area (Å²) >= 11 is 0. The number of nitrogens with one attached hydrogen (secondary N) is 2. The quantitative estimate of drug-likeness (QED) is 0.453. The maximum Gasteiger partial charge on any atom is 0.248 e. The molecule has 5 nitrogen and oxygen atoms in total. The molecule has 3 aromatic carbocycles. The van der Waals surface area contributed by atoms with Crippen LogP contribution in [0.3, 0.4) is 0 Å². The molecule has 0 saturated heterocycles. The van der Waals surface area contributed by atoms with Gasteiger partial charge in [0.25, 0.3) is 0 Å². The van der Waals surface area contributed by atoms with Crippen molar-refractivity contribution in [2.75, 3.05) is 6.54 Å². The maximum absolute atomic E-state index is 12.4. The maximum atomic E-state index is 12.4. The number of nitrogens with two attached hydrogens (primary N) is 1. The van der Waals surface area contributed by atoms with Gasteiger partial charge in [-0.3, -0.25) is 9.59 Å². The molecular weight excluding hydrogens is 362 g/mol. The number of amides is 2. The van der Waals surface area contributed by atoms with Crippen molar-refractivity contribution in [3.8, 4) is 0 Å². The molecule has 0 spiro atoms. The van der Waals surface area contributed by atoms with Gasteiger partial charge in [0.05, 0.1) is 0 Å². The molecule has 2 amide bonds. The van der Waals surface area contributed by atoms with Gasteiger partial charge in [-0.1, -0.05) is 48.5 Å². The fraction of sp³-hybridized carbons (Fsp3) is 0.167. The summed E-state index contributed by atoms with van der Waals surface area (Å²) in [6, 6.07) is 19.6. The number of rotatable bonds is 7. The lowest BCUT2D eigenvalue weighted by Gasteiger charge is -2.11. The van der Waals surface area contributed by atoms with E-state index in [0.29, 0.717) is 24.9 Å². The zero-order valence-corrected chi connectivity index (χ0v) is 16.1. The van der Waals surface area contributed by atoms with Gasteiger partial charge in [-0.15, -0.1) is 0 Å². The number of para-hydroxylation sites is 1. The number of hydrogen-bond acceptors (Lipinski definition) is 2. The molecular formula is C24H23N3O2. The van der Waals surface area contributed by atoms with Gasteiger partial charge in [0.15, 0.2) is 0 Å². The molecule has 146 valence electrons. The highest BCUT2D eigenvalue weighted by Crippen LogP contribution is 2.24. The van der Waals surface area contributed by atoms with E-state index in [9.17, 15) is 9.59 Å². The number of fused-ring (bicyclic) bond motifs is 2. The van der Waals surface area contributed by atoms with Crippen LogP contribution >= 0.6 is 0 Å². The smallest absolute Gasteiger partial charge is 0.248 e. The Bertz CT molecular complexity index is 1190. The summed E-state index contributed by atoms with van der Waals surface area (Å²) in [6.07, 6.45) is 3.53. The van der Waals surface area contributed by atoms with E-state index in [2.05, 4.69) is 16.4 Å². The molecule has 5 heteroatoms. The summed E-state index contributed by atoms with van der Waals surface area (Å²) in [5, 5.41) is 6.17. The van der Waals surface area contributed by atoms with Gasteiger partial charge < -0.3 is 16.0 Å². The second-order valence-electron chi connectivity index (χ2n) is 7.14. The molecule has 1 heterocycles. The molecule has 0 radical (unpaired) electrons. The molecule has 1 aromatic heterocycles. The molecule has 4 N–H and O–H groups in total. The molecule has 0 saturated carbocycles. The zero-order valence-electron chi connectivity index (χ0n) is 16.1. The molecule has 0 unspecified atom stereocenters. The minimum absolute atomic E-state index is 0.0341. The Kier molecular flexibility index (Phi) is 5.29. The molecule has 4 rings (SSSR count). The SMILES string of the molecule is NC(=O)c1ccc2ccccc2c1CCC(=O)NCCc1c[nH]c2ccccc12. The van der Waals surface area contributed by atoms with Crippen molar-refractivity contribution < 1.29 is 9.59 Å². The van der Waals surface area contributed by atoms with E-state index in [0.717, 1.165) is 28.3 Å². The second kappa shape index (κ2) is 8.19. The lowest BCUT2D eigenvalue weighted by molar-refractivity contribution is -0.121. The number of carbonyl (C=O) groups is 2. The predicted molar refractivity (Wildman–Crippen MR) is 116 cm³/mol. The van der Waals surface area contributed by atoms with E-state index in [1.807, 2.05) is 54.7 Å². The fourth-order valence-corrected chi connectivity index (χ4v) is 3.84. The number of aryl methyl sites for hydroxylation is 1. The van der Waals surface area contributed by atoms with E-state index >= 15 is 0 Å². The summed E-state index contributed by atoms with van der Waals surface area (Å²) in [5.41, 5.74) is 9.15. The number of carbonyl (C=O) groups excluding carboxylic acids is 2. The highest BCUT2D eigenvalue weighted by Gasteiger charge is 2.13. The van der Waals surface area contributed by atoms with Crippen LogP contribution in [0.4, 0.5) is 0 Å². The van der Waals surface area contributed by atoms with Crippen molar-refractivity contribution in [3.63, 3.8) is 0 Å². The van der Waals surface area contributed by atoms with Crippen LogP contribution in [-0.4, -0.2) is 23.3 Å². The molecule has 0 fully saturated rings. The van der Waals surface area contributed by atoms with E-state index in [1.165, 1.54) is 10.9 Å². The third-order valence-corrected chi connectivity index (χ3v) is 5.30. The lowest BCUT2D eigenvalue weighted by atomic mass is 9.95. The van der Waals surface area contributed by atoms with Crippen LogP contribution in [0.25, 0.3) is 21.7 Å². The topological polar surface area (TPSA) is 88.0 Å². The van der Waals surface area contributed by atoms with Gasteiger partial charge in [-0.25, -0.2) is 0 Å². The average Bonchev–Trinajstić information content (AvgIpc) is 3.15. The summed E-state index contributed by atoms with van der Waals surface area (Å²) in [5.74, 6) is -0.501. The second-order valence-corrected chi connectivity index (χ2v) is 7.14. The Hall–Kier alpha value is -3.60. The first-order valence-electron chi connectivity index (χ1n) is 9.75. The third-order valence-electron chi connectivity index (χ3n) is 5.30. The predicted octanol–water partition coefficient (Wildman–Crippen LogP) is 3.71. The van der Waals surface area contributed by atoms with E-state index in [-0.39, 0.29) is 5.91 Å². The number of benzene rings is 3. The first-order chi connectivity index (χ1) is 14.1. The molecule has 0 aliphatic rings. The Balaban J connectivity index is 1.40. The highest BCUT2D eigenvalue weighted by atomic mass is 16.1. The van der Waals surface area contributed by atoms with Gasteiger partial charge in [0, 0.05) is 35.6 Å². The third kappa shape index (κ3) is 3.99. The van der Waals surface area contributed by atoms with Gasteiger partial charge in [-0.2, -0.15) is 0 Å². The number of primary amides is 1. The fourth-order valence-electron chi connectivity index (χ4n) is 3.84. The van der Waals surface area contributed by atoms with Crippen molar-refractivity contribution >= 4 is 33.5 Å². The Morgan fingerprint density at radius 2 is 1.66 bits per heavy atom. The molecule has 0 atom stereocenters. The van der Waals surface area contributed by atoms with E-state index < -0.39 is 5.91 Å². The standard InChI is InChI=1S/C24H23N3O2/c25-24(29)21-10-9-16-5-1-2-6-18(16)20(21)11-12-23(28)26-14-13-17-15-27-22-8-4-3-7-19(17)22/h1-10,15,27H,11-14H2,(H2,25,29)(H,26,28). The molecule has 0 aliphatic heterocycles. The van der Waals surface area contributed by atoms with Crippen LogP contribution in [0.5, 0.6) is 0 Å². The highest BCUT2D eigenvalue weighted by molar-refractivity contribution is 6.01. The van der Waals surface area contributed by atoms with Crippen LogP contribution in [0, 0.1) is 0 Å². The zero-order chi connectivity index (χ0) is 20.2. The molecule has 4 aromatic rings. The summed E-state index contributed by atoms with van der Waals surface area (Å²) < 4.78 is 0. The minimum atomic E-state index is -0.467. The minimum Gasteiger partial charge on any atom is -0.366 e. The first-order valence-corrected chi connectivity index (χ1v) is 9.75. The van der Waals surface area contributed by atoms with Gasteiger partial charge in [0.1, 0.15) is 0 Å². The summed E-state index contributed by atoms with van der Waals surface area (Å²) in [4.78, 5) is 27.5. The number of aromatic nitrogens is 1. The monoisotopic (exact) mass is 385 g/mol. The van der Waals surface area contributed by atoms with Crippen LogP contribution in [0.2, 0.25) is 0 Å². The largest absolute Gasteiger partial charge is 0.366 e. The Labute approximate surface area is 168 Å². The normalized spacial score (nSPS) is 11.0. The number of aromatic amines is 1. The average molecular weight is 385 g/mol. The lowest BCUT2D eigenvalue weighted by Crippen LogP contribution is -2.26. The first kappa shape index (κ1) is 18.7. The van der Waals surface area contributed by atoms with E-state index in [1.54, 1.807) is 6.07 Å². The Morgan fingerprint density at radius 1 is 0.897 bits per heavy atom. The number of H-pyrrole nitrogens is 1. The Morgan fingerprint density at radius 3 is 2.48 bits per heavy atom. The van der Waals surface area contributed by atoms with Crippen molar-refractivity contribution in [2.45, 2.75) is 19.3 Å². The van der Waals surface area contributed by atoms with Gasteiger partial charge in [-0.05, 0) is 46.9 Å². The summed E-state index contributed by atoms with van der Waals surface area (Å²) in [7, 11) is 0. The van der Waals surface area contributed by atoms with Crippen LogP contribution in [-0.2, 0) is 17.6 Å². The molecule has 0 aliphatic carbocycles. The molecule has 0 bridgehead atoms. The molecule has 29 heavy (non-hydrogen) atoms. The summed E-state index contributed by atoms with van der Waals surface area (Å²) in [6.45, 7) is 0.568. The van der Waals surface area contributed by atoms with Gasteiger partial charge in [0.2, 0.25) is 11.8 Å². The van der Waals surface area contributed by atoms with Crippen molar-refractivity contribution in [2.24, 2.45) is 5.73 Å². The van der Waals surface area contributed by atoms with E-state index in [4.69, 9.17) is 5.73 Å². The number of hydrogen-bond donors (Lipinski definition) is 3. The van der Waals surface area contributed by atoms with Gasteiger partial charge >= 0.3 is 0 Å².